The highest BCUT2D eigenvalue weighted by atomic mass is 32.2. The van der Waals surface area contributed by atoms with E-state index in [2.05, 4.69) is 0 Å². The van der Waals surface area contributed by atoms with Crippen LogP contribution < -0.4 is 5.73 Å². The molecule has 0 spiro atoms. The fraction of sp³-hybridized carbons (Fsp3) is 0.393. The van der Waals surface area contributed by atoms with Crippen LogP contribution in [-0.4, -0.2) is 46.5 Å². The summed E-state index contributed by atoms with van der Waals surface area (Å²) < 4.78 is 11.7. The minimum atomic E-state index is -0.664. The van der Waals surface area contributed by atoms with E-state index >= 15 is 0 Å². The van der Waals surface area contributed by atoms with Crippen molar-refractivity contribution in [3.63, 3.8) is 0 Å². The molecule has 1 unspecified atom stereocenters. The molecule has 2 aliphatic heterocycles. The summed E-state index contributed by atoms with van der Waals surface area (Å²) in [4.78, 5) is 40.5. The molecule has 1 aliphatic carbocycles. The summed E-state index contributed by atoms with van der Waals surface area (Å²) in [5.41, 5.74) is 8.37. The maximum atomic E-state index is 13.7. The Labute approximate surface area is 215 Å². The highest BCUT2D eigenvalue weighted by molar-refractivity contribution is 8.00. The largest absolute Gasteiger partial charge is 0.461 e. The summed E-state index contributed by atoms with van der Waals surface area (Å²) in [5.74, 6) is -0.849. The average Bonchev–Trinajstić information content (AvgIpc) is 2.94. The molecule has 0 bridgehead atoms. The normalized spacial score (nSPS) is 22.2. The maximum absolute atomic E-state index is 13.7. The van der Waals surface area contributed by atoms with Gasteiger partial charge in [-0.15, -0.1) is 11.8 Å². The number of hydrogen-bond donors (Lipinski definition) is 1. The summed E-state index contributed by atoms with van der Waals surface area (Å²) in [7, 11) is 0. The molecule has 1 amide bonds. The van der Waals surface area contributed by atoms with Crippen molar-refractivity contribution in [1.29, 1.82) is 0 Å². The first-order valence-corrected chi connectivity index (χ1v) is 13.5. The average molecular weight is 507 g/mol. The van der Waals surface area contributed by atoms with E-state index in [4.69, 9.17) is 15.2 Å². The number of thioether (sulfide) groups is 1. The van der Waals surface area contributed by atoms with E-state index in [-0.39, 0.29) is 35.5 Å². The molecular weight excluding hydrogens is 476 g/mol. The van der Waals surface area contributed by atoms with E-state index in [1.54, 1.807) is 0 Å². The van der Waals surface area contributed by atoms with Crippen LogP contribution in [0.2, 0.25) is 0 Å². The zero-order chi connectivity index (χ0) is 25.1. The lowest BCUT2D eigenvalue weighted by molar-refractivity contribution is -0.153. The molecule has 2 heterocycles. The Morgan fingerprint density at radius 3 is 2.19 bits per heavy atom. The Hall–Kier alpha value is -3.10. The topological polar surface area (TPSA) is 98.9 Å². The molecule has 0 aromatic heterocycles. The number of β-lactam (4-membered cyclic amide) rings is 1. The Morgan fingerprint density at radius 1 is 0.972 bits per heavy atom. The molecule has 3 aliphatic rings. The summed E-state index contributed by atoms with van der Waals surface area (Å²) in [6.45, 7) is -0.0418. The van der Waals surface area contributed by atoms with Gasteiger partial charge in [-0.25, -0.2) is 4.79 Å². The van der Waals surface area contributed by atoms with Crippen LogP contribution in [0.15, 0.2) is 71.9 Å². The number of fused-ring (bicyclic) bond motifs is 1. The number of ether oxygens (including phenoxy) is 2. The van der Waals surface area contributed by atoms with Crippen LogP contribution in [0.4, 0.5) is 0 Å². The number of esters is 2. The zero-order valence-corrected chi connectivity index (χ0v) is 20.8. The molecule has 0 radical (unpaired) electrons. The Kier molecular flexibility index (Phi) is 7.43. The van der Waals surface area contributed by atoms with E-state index < -0.39 is 18.1 Å². The lowest BCUT2D eigenvalue weighted by Crippen LogP contribution is -2.68. The predicted octanol–water partition coefficient (Wildman–Crippen LogP) is 3.94. The summed E-state index contributed by atoms with van der Waals surface area (Å²) in [6.07, 6.45) is 4.20. The minimum Gasteiger partial charge on any atom is -0.461 e. The monoisotopic (exact) mass is 506 g/mol. The molecule has 7 nitrogen and oxygen atoms in total. The molecule has 2 fully saturated rings. The maximum Gasteiger partial charge on any atom is 0.356 e. The van der Waals surface area contributed by atoms with Gasteiger partial charge in [-0.1, -0.05) is 79.9 Å². The van der Waals surface area contributed by atoms with Crippen LogP contribution in [0.3, 0.4) is 0 Å². The van der Waals surface area contributed by atoms with Gasteiger partial charge in [-0.2, -0.15) is 0 Å². The smallest absolute Gasteiger partial charge is 0.356 e. The van der Waals surface area contributed by atoms with Crippen LogP contribution in [0.5, 0.6) is 0 Å². The summed E-state index contributed by atoms with van der Waals surface area (Å²) in [6, 6.07) is 18.3. The number of hydrogen-bond acceptors (Lipinski definition) is 7. The zero-order valence-electron chi connectivity index (χ0n) is 20.0. The first-order chi connectivity index (χ1) is 17.5. The molecule has 188 valence electrons. The van der Waals surface area contributed by atoms with E-state index in [1.807, 2.05) is 60.7 Å². The third-order valence-electron chi connectivity index (χ3n) is 7.04. The molecule has 36 heavy (non-hydrogen) atoms. The van der Waals surface area contributed by atoms with Crippen LogP contribution in [0.1, 0.15) is 49.3 Å². The van der Waals surface area contributed by atoms with Crippen LogP contribution in [-0.2, 0) is 23.9 Å². The van der Waals surface area contributed by atoms with Gasteiger partial charge in [0.2, 0.25) is 5.91 Å². The number of carbonyl (C=O) groups excluding carboxylic acids is 3. The quantitative estimate of drug-likeness (QED) is 0.449. The van der Waals surface area contributed by atoms with E-state index in [1.165, 1.54) is 16.7 Å². The van der Waals surface area contributed by atoms with Crippen molar-refractivity contribution >= 4 is 29.6 Å². The second-order valence-corrected chi connectivity index (χ2v) is 10.5. The van der Waals surface area contributed by atoms with Crippen molar-refractivity contribution in [2.75, 3.05) is 12.4 Å². The fourth-order valence-corrected chi connectivity index (χ4v) is 6.32. The molecule has 1 saturated carbocycles. The number of carbonyl (C=O) groups is 3. The van der Waals surface area contributed by atoms with Crippen molar-refractivity contribution in [2.45, 2.75) is 49.6 Å². The van der Waals surface area contributed by atoms with Crippen molar-refractivity contribution in [1.82, 2.24) is 4.90 Å². The number of nitrogens with two attached hydrogens (primary N) is 1. The third kappa shape index (κ3) is 4.92. The van der Waals surface area contributed by atoms with Crippen molar-refractivity contribution < 1.29 is 23.9 Å². The summed E-state index contributed by atoms with van der Waals surface area (Å²) in [5, 5.41) is -0.329. The second-order valence-electron chi connectivity index (χ2n) is 9.44. The van der Waals surface area contributed by atoms with Gasteiger partial charge in [0.25, 0.3) is 0 Å². The SMILES string of the molecule is NC1C(=O)N2C(C(=O)OC(c3ccccc3)c3ccccc3)=C(COC(=O)C3CCCCC3)CS[C@H]12. The van der Waals surface area contributed by atoms with Gasteiger partial charge in [-0.05, 0) is 24.0 Å². The highest BCUT2D eigenvalue weighted by Gasteiger charge is 2.52. The number of benzene rings is 2. The van der Waals surface area contributed by atoms with Crippen molar-refractivity contribution in [3.05, 3.63) is 83.1 Å². The lowest BCUT2D eigenvalue weighted by Gasteiger charge is -2.48. The molecule has 2 aromatic carbocycles. The molecule has 2 atom stereocenters. The number of rotatable bonds is 7. The van der Waals surface area contributed by atoms with Gasteiger partial charge >= 0.3 is 11.9 Å². The lowest BCUT2D eigenvalue weighted by atomic mass is 9.89. The van der Waals surface area contributed by atoms with E-state index in [9.17, 15) is 14.4 Å². The van der Waals surface area contributed by atoms with E-state index in [0.29, 0.717) is 11.3 Å². The Bertz CT molecular complexity index is 1110. The van der Waals surface area contributed by atoms with Crippen molar-refractivity contribution in [3.8, 4) is 0 Å². The molecule has 2 aromatic rings. The number of amides is 1. The van der Waals surface area contributed by atoms with Crippen LogP contribution >= 0.6 is 11.8 Å². The molecule has 2 N–H and O–H groups in total. The standard InChI is InChI=1S/C28H30N2O5S/c29-22-25(31)30-23(21(17-36-26(22)30)16-34-27(32)20-14-8-3-9-15-20)28(33)35-24(18-10-4-1-5-11-18)19-12-6-2-7-13-19/h1-2,4-7,10-13,20,22,24,26H,3,8-9,14-17,29H2/t22?,26-/m1/s1. The van der Waals surface area contributed by atoms with Gasteiger partial charge in [0.05, 0.1) is 5.92 Å². The number of nitrogens with zero attached hydrogens (tertiary/aromatic N) is 1. The molecule has 8 heteroatoms. The fourth-order valence-electron chi connectivity index (χ4n) is 5.04. The van der Waals surface area contributed by atoms with Gasteiger partial charge in [-0.3, -0.25) is 14.5 Å². The Balaban J connectivity index is 1.41. The Morgan fingerprint density at radius 2 is 1.58 bits per heavy atom. The van der Waals surface area contributed by atoms with Gasteiger partial charge in [0.15, 0.2) is 6.10 Å². The van der Waals surface area contributed by atoms with E-state index in [0.717, 1.165) is 43.2 Å². The minimum absolute atomic E-state index is 0.0418. The second kappa shape index (κ2) is 10.9. The van der Waals surface area contributed by atoms with Gasteiger partial charge in [0.1, 0.15) is 23.7 Å². The van der Waals surface area contributed by atoms with Crippen molar-refractivity contribution in [2.24, 2.45) is 11.7 Å². The molecule has 5 rings (SSSR count). The third-order valence-corrected chi connectivity index (χ3v) is 8.40. The van der Waals surface area contributed by atoms with Crippen LogP contribution in [0, 0.1) is 5.92 Å². The highest BCUT2D eigenvalue weighted by Crippen LogP contribution is 2.41. The van der Waals surface area contributed by atoms with Gasteiger partial charge in [0, 0.05) is 11.3 Å². The summed E-state index contributed by atoms with van der Waals surface area (Å²) >= 11 is 1.48. The predicted molar refractivity (Wildman–Crippen MR) is 136 cm³/mol. The molecule has 1 saturated heterocycles. The van der Waals surface area contributed by atoms with Crippen LogP contribution in [0.25, 0.3) is 0 Å². The molecular formula is C28H30N2O5S. The first-order valence-electron chi connectivity index (χ1n) is 12.4. The first kappa shape index (κ1) is 24.6. The van der Waals surface area contributed by atoms with Gasteiger partial charge < -0.3 is 15.2 Å².